The topological polar surface area (TPSA) is 108 Å². The summed E-state index contributed by atoms with van der Waals surface area (Å²) in [5.74, 6) is 0.317. The minimum absolute atomic E-state index is 0. The van der Waals surface area contributed by atoms with Crippen molar-refractivity contribution in [3.63, 3.8) is 0 Å². The molecule has 1 aromatic rings. The van der Waals surface area contributed by atoms with Gasteiger partial charge in [0.25, 0.3) is 0 Å². The van der Waals surface area contributed by atoms with Crippen LogP contribution in [-0.4, -0.2) is 52.2 Å². The first kappa shape index (κ1) is 21.7. The number of nitrogens with two attached hydrogens (primary N) is 1. The number of sulfone groups is 1. The van der Waals surface area contributed by atoms with E-state index in [0.29, 0.717) is 24.7 Å². The highest BCUT2D eigenvalue weighted by Crippen LogP contribution is 2.21. The van der Waals surface area contributed by atoms with Crippen LogP contribution in [-0.2, 0) is 19.4 Å². The molecule has 142 valence electrons. The number of nitrogens with one attached hydrogen (secondary N) is 1. The summed E-state index contributed by atoms with van der Waals surface area (Å²) in [5, 5.41) is 2.78. The van der Waals surface area contributed by atoms with Crippen molar-refractivity contribution in [2.45, 2.75) is 18.9 Å². The Morgan fingerprint density at radius 1 is 1.40 bits per heavy atom. The summed E-state index contributed by atoms with van der Waals surface area (Å²) >= 11 is 0. The van der Waals surface area contributed by atoms with Crippen molar-refractivity contribution in [3.8, 4) is 5.75 Å². The number of carbonyl (C=O) groups is 1. The zero-order valence-corrected chi connectivity index (χ0v) is 15.8. The van der Waals surface area contributed by atoms with Gasteiger partial charge in [0.1, 0.15) is 12.4 Å². The van der Waals surface area contributed by atoms with Crippen LogP contribution in [0.1, 0.15) is 12.8 Å². The van der Waals surface area contributed by atoms with Crippen LogP contribution in [0.15, 0.2) is 24.3 Å². The minimum atomic E-state index is -3.07. The number of amides is 1. The molecule has 0 bridgehead atoms. The van der Waals surface area contributed by atoms with Gasteiger partial charge in [-0.05, 0) is 30.9 Å². The maximum absolute atomic E-state index is 12.3. The van der Waals surface area contributed by atoms with E-state index in [1.54, 1.807) is 24.3 Å². The van der Waals surface area contributed by atoms with Gasteiger partial charge in [-0.3, -0.25) is 4.79 Å². The molecule has 2 rings (SSSR count). The highest BCUT2D eigenvalue weighted by atomic mass is 35.5. The van der Waals surface area contributed by atoms with E-state index in [0.717, 1.165) is 19.1 Å². The zero-order valence-electron chi connectivity index (χ0n) is 14.1. The number of anilines is 1. The molecule has 1 amide bonds. The average Bonchev–Trinajstić information content (AvgIpc) is 2.54. The second-order valence-corrected chi connectivity index (χ2v) is 8.23. The van der Waals surface area contributed by atoms with Crippen LogP contribution in [0.4, 0.5) is 5.69 Å². The molecular formula is C16H25ClN2O5S. The molecule has 1 atom stereocenters. The predicted molar refractivity (Wildman–Crippen MR) is 99.0 cm³/mol. The highest BCUT2D eigenvalue weighted by Gasteiger charge is 2.26. The largest absolute Gasteiger partial charge is 0.492 e. The molecule has 0 radical (unpaired) electrons. The molecule has 0 aliphatic carbocycles. The smallest absolute Gasteiger partial charge is 0.241 e. The number of halogens is 1. The summed E-state index contributed by atoms with van der Waals surface area (Å²) in [6, 6.07) is 6.24. The number of benzene rings is 1. The van der Waals surface area contributed by atoms with E-state index in [9.17, 15) is 13.2 Å². The van der Waals surface area contributed by atoms with E-state index < -0.39 is 15.9 Å². The molecule has 9 heteroatoms. The van der Waals surface area contributed by atoms with E-state index in [4.69, 9.17) is 15.2 Å². The first-order valence-corrected chi connectivity index (χ1v) is 9.96. The van der Waals surface area contributed by atoms with Crippen molar-refractivity contribution in [3.05, 3.63) is 24.3 Å². The third kappa shape index (κ3) is 7.60. The number of ether oxygens (including phenoxy) is 2. The van der Waals surface area contributed by atoms with Crippen LogP contribution in [0.25, 0.3) is 0 Å². The maximum Gasteiger partial charge on any atom is 0.241 e. The lowest BCUT2D eigenvalue weighted by Crippen LogP contribution is -2.44. The molecule has 0 saturated carbocycles. The first-order valence-electron chi connectivity index (χ1n) is 7.90. The van der Waals surface area contributed by atoms with Gasteiger partial charge in [0, 0.05) is 31.2 Å². The van der Waals surface area contributed by atoms with Gasteiger partial charge in [-0.1, -0.05) is 6.07 Å². The number of carbonyl (C=O) groups excluding carboxylic acids is 1. The average molecular weight is 393 g/mol. The van der Waals surface area contributed by atoms with Gasteiger partial charge >= 0.3 is 0 Å². The van der Waals surface area contributed by atoms with Gasteiger partial charge < -0.3 is 20.5 Å². The molecule has 0 aromatic heterocycles. The van der Waals surface area contributed by atoms with Gasteiger partial charge in [-0.15, -0.1) is 12.4 Å². The summed E-state index contributed by atoms with van der Waals surface area (Å²) in [4.78, 5) is 12.3. The fraction of sp³-hybridized carbons (Fsp3) is 0.562. The quantitative estimate of drug-likeness (QED) is 0.722. The molecule has 1 unspecified atom stereocenters. The molecule has 1 aliphatic rings. The fourth-order valence-corrected chi connectivity index (χ4v) is 2.88. The Morgan fingerprint density at radius 2 is 2.08 bits per heavy atom. The van der Waals surface area contributed by atoms with Crippen molar-refractivity contribution < 1.29 is 22.7 Å². The Hall–Kier alpha value is -1.35. The monoisotopic (exact) mass is 392 g/mol. The predicted octanol–water partition coefficient (Wildman–Crippen LogP) is 1.22. The van der Waals surface area contributed by atoms with Crippen LogP contribution < -0.4 is 15.8 Å². The Kier molecular flexibility index (Phi) is 8.64. The normalized spacial score (nSPS) is 16.6. The fourth-order valence-electron chi connectivity index (χ4n) is 2.49. The van der Waals surface area contributed by atoms with Gasteiger partial charge in [0.15, 0.2) is 9.84 Å². The lowest BCUT2D eigenvalue weighted by Gasteiger charge is -2.26. The first-order chi connectivity index (χ1) is 11.3. The number of hydrogen-bond donors (Lipinski definition) is 2. The lowest BCUT2D eigenvalue weighted by atomic mass is 9.92. The van der Waals surface area contributed by atoms with Crippen molar-refractivity contribution in [2.24, 2.45) is 11.7 Å². The SMILES string of the molecule is CS(=O)(=O)CCOc1cccc(NC(=O)C(N)C2CCOCC2)c1.Cl. The Bertz CT molecular complexity index is 662. The molecule has 1 saturated heterocycles. The standard InChI is InChI=1S/C16H24N2O5S.ClH/c1-24(20,21)10-9-23-14-4-2-3-13(11-14)18-16(19)15(17)12-5-7-22-8-6-12;/h2-4,11-12,15H,5-10,17H2,1H3,(H,18,19);1H. The molecule has 3 N–H and O–H groups in total. The van der Waals surface area contributed by atoms with Crippen molar-refractivity contribution in [1.82, 2.24) is 0 Å². The summed E-state index contributed by atoms with van der Waals surface area (Å²) in [5.41, 5.74) is 6.61. The van der Waals surface area contributed by atoms with Gasteiger partial charge in [-0.2, -0.15) is 0 Å². The molecule has 1 heterocycles. The third-order valence-corrected chi connectivity index (χ3v) is 4.81. The minimum Gasteiger partial charge on any atom is -0.492 e. The van der Waals surface area contributed by atoms with Crippen LogP contribution in [0, 0.1) is 5.92 Å². The van der Waals surface area contributed by atoms with Crippen molar-refractivity contribution in [1.29, 1.82) is 0 Å². The highest BCUT2D eigenvalue weighted by molar-refractivity contribution is 7.90. The second-order valence-electron chi connectivity index (χ2n) is 5.97. The van der Waals surface area contributed by atoms with Gasteiger partial charge in [-0.25, -0.2) is 8.42 Å². The number of rotatable bonds is 7. The van der Waals surface area contributed by atoms with E-state index in [1.807, 2.05) is 0 Å². The summed E-state index contributed by atoms with van der Waals surface area (Å²) < 4.78 is 32.9. The Balaban J connectivity index is 0.00000312. The van der Waals surface area contributed by atoms with E-state index in [-0.39, 0.29) is 36.6 Å². The van der Waals surface area contributed by atoms with Crippen molar-refractivity contribution >= 4 is 33.8 Å². The van der Waals surface area contributed by atoms with Gasteiger partial charge in [0.2, 0.25) is 5.91 Å². The van der Waals surface area contributed by atoms with E-state index in [1.165, 1.54) is 0 Å². The maximum atomic E-state index is 12.3. The van der Waals surface area contributed by atoms with E-state index in [2.05, 4.69) is 5.32 Å². The summed E-state index contributed by atoms with van der Waals surface area (Å²) in [6.45, 7) is 1.34. The van der Waals surface area contributed by atoms with Crippen LogP contribution in [0.3, 0.4) is 0 Å². The van der Waals surface area contributed by atoms with Gasteiger partial charge in [0.05, 0.1) is 11.8 Å². The molecule has 1 aliphatic heterocycles. The molecule has 25 heavy (non-hydrogen) atoms. The molecule has 0 spiro atoms. The summed E-state index contributed by atoms with van der Waals surface area (Å²) in [7, 11) is -3.07. The van der Waals surface area contributed by atoms with Crippen LogP contribution in [0.5, 0.6) is 5.75 Å². The van der Waals surface area contributed by atoms with Crippen molar-refractivity contribution in [2.75, 3.05) is 37.1 Å². The zero-order chi connectivity index (χ0) is 17.6. The van der Waals surface area contributed by atoms with Crippen LogP contribution in [0.2, 0.25) is 0 Å². The summed E-state index contributed by atoms with van der Waals surface area (Å²) in [6.07, 6.45) is 2.72. The molecule has 1 fully saturated rings. The molecule has 7 nitrogen and oxygen atoms in total. The molecule has 1 aromatic carbocycles. The lowest BCUT2D eigenvalue weighted by molar-refractivity contribution is -0.119. The second kappa shape index (κ2) is 9.96. The number of hydrogen-bond acceptors (Lipinski definition) is 6. The Labute approximate surface area is 154 Å². The van der Waals surface area contributed by atoms with E-state index >= 15 is 0 Å². The Morgan fingerprint density at radius 3 is 2.72 bits per heavy atom. The third-order valence-electron chi connectivity index (χ3n) is 3.90. The van der Waals surface area contributed by atoms with Crippen LogP contribution >= 0.6 is 12.4 Å². The molecular weight excluding hydrogens is 368 g/mol.